The summed E-state index contributed by atoms with van der Waals surface area (Å²) < 4.78 is 5.72. The fourth-order valence-corrected chi connectivity index (χ4v) is 2.85. The molecule has 0 aromatic heterocycles. The van der Waals surface area contributed by atoms with Crippen molar-refractivity contribution in [2.45, 2.75) is 38.0 Å². The van der Waals surface area contributed by atoms with Crippen LogP contribution in [0.2, 0.25) is 0 Å². The lowest BCUT2D eigenvalue weighted by molar-refractivity contribution is -0.0657. The third-order valence-corrected chi connectivity index (χ3v) is 4.17. The number of hydrogen-bond donors (Lipinski definition) is 2. The second-order valence-electron chi connectivity index (χ2n) is 5.82. The fourth-order valence-electron chi connectivity index (χ4n) is 2.85. The lowest BCUT2D eigenvalue weighted by atomic mass is 9.90. The van der Waals surface area contributed by atoms with E-state index in [2.05, 4.69) is 18.7 Å². The van der Waals surface area contributed by atoms with Gasteiger partial charge in [0.1, 0.15) is 0 Å². The van der Waals surface area contributed by atoms with Crippen LogP contribution in [-0.4, -0.2) is 48.5 Å². The maximum Gasteiger partial charge on any atom is 0.0773 e. The first-order valence-corrected chi connectivity index (χ1v) is 7.40. The van der Waals surface area contributed by atoms with Crippen molar-refractivity contribution in [3.05, 3.63) is 35.9 Å². The Bertz CT molecular complexity index is 412. The molecule has 3 unspecified atom stereocenters. The molecule has 20 heavy (non-hydrogen) atoms. The molecule has 0 aliphatic carbocycles. The van der Waals surface area contributed by atoms with Crippen LogP contribution >= 0.6 is 0 Å². The van der Waals surface area contributed by atoms with E-state index in [1.54, 1.807) is 0 Å². The molecule has 3 N–H and O–H groups in total. The maximum absolute atomic E-state index is 9.81. The number of nitrogens with zero attached hydrogens (tertiary/aromatic N) is 1. The van der Waals surface area contributed by atoms with Crippen molar-refractivity contribution in [3.63, 3.8) is 0 Å². The van der Waals surface area contributed by atoms with Gasteiger partial charge in [-0.3, -0.25) is 4.90 Å². The highest BCUT2D eigenvalue weighted by molar-refractivity contribution is 5.24. The molecule has 1 aliphatic rings. The van der Waals surface area contributed by atoms with E-state index in [1.807, 2.05) is 30.3 Å². The van der Waals surface area contributed by atoms with Gasteiger partial charge in [0.05, 0.1) is 24.9 Å². The number of hydrogen-bond acceptors (Lipinski definition) is 4. The Hall–Kier alpha value is -0.940. The van der Waals surface area contributed by atoms with E-state index in [0.717, 1.165) is 25.1 Å². The van der Waals surface area contributed by atoms with E-state index in [1.165, 1.54) is 0 Å². The summed E-state index contributed by atoms with van der Waals surface area (Å²) in [6, 6.07) is 10.2. The first-order valence-electron chi connectivity index (χ1n) is 7.40. The van der Waals surface area contributed by atoms with Crippen molar-refractivity contribution in [1.29, 1.82) is 0 Å². The lowest BCUT2D eigenvalue weighted by Gasteiger charge is -2.43. The third-order valence-electron chi connectivity index (χ3n) is 4.17. The van der Waals surface area contributed by atoms with Crippen molar-refractivity contribution in [2.75, 3.05) is 26.3 Å². The van der Waals surface area contributed by atoms with E-state index >= 15 is 0 Å². The smallest absolute Gasteiger partial charge is 0.0773 e. The number of rotatable bonds is 5. The molecule has 1 aromatic rings. The van der Waals surface area contributed by atoms with Crippen LogP contribution in [0.25, 0.3) is 0 Å². The van der Waals surface area contributed by atoms with E-state index in [0.29, 0.717) is 12.6 Å². The molecule has 1 heterocycles. The number of nitrogens with two attached hydrogens (primary N) is 1. The lowest BCUT2D eigenvalue weighted by Crippen LogP contribution is -2.57. The van der Waals surface area contributed by atoms with Gasteiger partial charge in [-0.05, 0) is 18.9 Å². The normalized spacial score (nSPS) is 27.2. The summed E-state index contributed by atoms with van der Waals surface area (Å²) in [4.78, 5) is 2.36. The summed E-state index contributed by atoms with van der Waals surface area (Å²) in [6.07, 6.45) is 1.25. The molecule has 1 saturated heterocycles. The van der Waals surface area contributed by atoms with Gasteiger partial charge >= 0.3 is 0 Å². The number of ether oxygens (including phenoxy) is 1. The topological polar surface area (TPSA) is 58.7 Å². The molecule has 0 saturated carbocycles. The van der Waals surface area contributed by atoms with Gasteiger partial charge in [0.2, 0.25) is 0 Å². The van der Waals surface area contributed by atoms with Crippen molar-refractivity contribution < 1.29 is 9.84 Å². The Morgan fingerprint density at radius 1 is 1.40 bits per heavy atom. The Balaban J connectivity index is 2.15. The van der Waals surface area contributed by atoms with Crippen LogP contribution in [-0.2, 0) is 10.3 Å². The SMILES string of the molecule is CCC1COC(C)CN1CC(N)(CO)c1ccccc1. The number of aliphatic hydroxyl groups is 1. The van der Waals surface area contributed by atoms with E-state index in [4.69, 9.17) is 10.5 Å². The Kier molecular flexibility index (Phi) is 5.16. The van der Waals surface area contributed by atoms with Crippen molar-refractivity contribution in [2.24, 2.45) is 5.73 Å². The molecule has 1 fully saturated rings. The van der Waals surface area contributed by atoms with E-state index in [9.17, 15) is 5.11 Å². The second kappa shape index (κ2) is 6.68. The molecule has 112 valence electrons. The zero-order valence-corrected chi connectivity index (χ0v) is 12.5. The van der Waals surface area contributed by atoms with Crippen molar-refractivity contribution in [1.82, 2.24) is 4.90 Å². The minimum absolute atomic E-state index is 0.0564. The number of morpholine rings is 1. The number of benzene rings is 1. The van der Waals surface area contributed by atoms with Crippen LogP contribution in [0, 0.1) is 0 Å². The average Bonchev–Trinajstić information content (AvgIpc) is 2.48. The molecule has 3 atom stereocenters. The first-order chi connectivity index (χ1) is 9.59. The van der Waals surface area contributed by atoms with Crippen LogP contribution in [0.4, 0.5) is 0 Å². The fraction of sp³-hybridized carbons (Fsp3) is 0.625. The minimum atomic E-state index is -0.717. The second-order valence-corrected chi connectivity index (χ2v) is 5.82. The Morgan fingerprint density at radius 2 is 2.10 bits per heavy atom. The summed E-state index contributed by atoms with van der Waals surface area (Å²) in [6.45, 7) is 6.45. The van der Waals surface area contributed by atoms with E-state index < -0.39 is 5.54 Å². The monoisotopic (exact) mass is 278 g/mol. The van der Waals surface area contributed by atoms with Crippen LogP contribution in [0.1, 0.15) is 25.8 Å². The van der Waals surface area contributed by atoms with Gasteiger partial charge in [-0.25, -0.2) is 0 Å². The molecule has 4 nitrogen and oxygen atoms in total. The molecule has 0 amide bonds. The summed E-state index contributed by atoms with van der Waals surface area (Å²) in [5, 5.41) is 9.81. The molecule has 4 heteroatoms. The molecular weight excluding hydrogens is 252 g/mol. The van der Waals surface area contributed by atoms with Gasteiger partial charge in [-0.15, -0.1) is 0 Å². The van der Waals surface area contributed by atoms with Crippen molar-refractivity contribution in [3.8, 4) is 0 Å². The van der Waals surface area contributed by atoms with Gasteiger partial charge in [-0.2, -0.15) is 0 Å². The summed E-state index contributed by atoms with van der Waals surface area (Å²) in [5.41, 5.74) is 6.75. The summed E-state index contributed by atoms with van der Waals surface area (Å²) in [7, 11) is 0. The largest absolute Gasteiger partial charge is 0.394 e. The molecule has 1 aliphatic heterocycles. The van der Waals surface area contributed by atoms with Gasteiger partial charge < -0.3 is 15.6 Å². The van der Waals surface area contributed by atoms with E-state index in [-0.39, 0.29) is 12.7 Å². The van der Waals surface area contributed by atoms with Crippen LogP contribution in [0.5, 0.6) is 0 Å². The predicted octanol–water partition coefficient (Wildman–Crippen LogP) is 1.33. The third kappa shape index (κ3) is 3.38. The Morgan fingerprint density at radius 3 is 2.70 bits per heavy atom. The molecule has 2 rings (SSSR count). The van der Waals surface area contributed by atoms with Gasteiger partial charge in [-0.1, -0.05) is 37.3 Å². The molecular formula is C16H26N2O2. The highest BCUT2D eigenvalue weighted by Crippen LogP contribution is 2.23. The van der Waals surface area contributed by atoms with Crippen molar-refractivity contribution >= 4 is 0 Å². The zero-order valence-electron chi connectivity index (χ0n) is 12.5. The first kappa shape index (κ1) is 15.4. The molecule has 1 aromatic carbocycles. The highest BCUT2D eigenvalue weighted by atomic mass is 16.5. The Labute approximate surface area is 121 Å². The highest BCUT2D eigenvalue weighted by Gasteiger charge is 2.34. The van der Waals surface area contributed by atoms with Gasteiger partial charge in [0, 0.05) is 19.1 Å². The predicted molar refractivity (Wildman–Crippen MR) is 80.5 cm³/mol. The summed E-state index contributed by atoms with van der Waals surface area (Å²) in [5.74, 6) is 0. The quantitative estimate of drug-likeness (QED) is 0.853. The zero-order chi connectivity index (χ0) is 14.6. The van der Waals surface area contributed by atoms with Gasteiger partial charge in [0.25, 0.3) is 0 Å². The molecule has 0 radical (unpaired) electrons. The summed E-state index contributed by atoms with van der Waals surface area (Å²) >= 11 is 0. The van der Waals surface area contributed by atoms with Crippen LogP contribution in [0.15, 0.2) is 30.3 Å². The molecule has 0 spiro atoms. The van der Waals surface area contributed by atoms with Crippen LogP contribution in [0.3, 0.4) is 0 Å². The van der Waals surface area contributed by atoms with Gasteiger partial charge in [0.15, 0.2) is 0 Å². The maximum atomic E-state index is 9.81. The minimum Gasteiger partial charge on any atom is -0.394 e. The molecule has 0 bridgehead atoms. The standard InChI is InChI=1S/C16H26N2O2/c1-3-15-10-20-13(2)9-18(15)11-16(17,12-19)14-7-5-4-6-8-14/h4-8,13,15,19H,3,9-12,17H2,1-2H3. The van der Waals surface area contributed by atoms with Crippen LogP contribution < -0.4 is 5.73 Å². The number of aliphatic hydroxyl groups excluding tert-OH is 1. The average molecular weight is 278 g/mol.